The zero-order chi connectivity index (χ0) is 15.4. The third kappa shape index (κ3) is 3.96. The summed E-state index contributed by atoms with van der Waals surface area (Å²) < 4.78 is 0. The van der Waals surface area contributed by atoms with Crippen LogP contribution in [-0.2, 0) is 0 Å². The standard InChI is InChI=1S/C17H19ClN2S/c1-11(2)13-7-4-5-9-16(13)20-17(21)19-15-10-6-8-14(18)12(15)3/h4-11H,1-3H3,(H2,19,20,21). The molecule has 0 saturated heterocycles. The van der Waals surface area contributed by atoms with Crippen molar-refractivity contribution in [3.8, 4) is 0 Å². The van der Waals surface area contributed by atoms with E-state index < -0.39 is 0 Å². The first-order valence-corrected chi connectivity index (χ1v) is 7.69. The van der Waals surface area contributed by atoms with Gasteiger partial charge >= 0.3 is 0 Å². The minimum Gasteiger partial charge on any atom is -0.332 e. The summed E-state index contributed by atoms with van der Waals surface area (Å²) >= 11 is 11.5. The van der Waals surface area contributed by atoms with E-state index in [0.29, 0.717) is 11.0 Å². The number of anilines is 2. The van der Waals surface area contributed by atoms with Gasteiger partial charge in [-0.05, 0) is 54.4 Å². The Morgan fingerprint density at radius 3 is 2.33 bits per heavy atom. The van der Waals surface area contributed by atoms with Gasteiger partial charge in [0, 0.05) is 16.4 Å². The Labute approximate surface area is 136 Å². The molecule has 0 aliphatic carbocycles. The minimum atomic E-state index is 0.435. The van der Waals surface area contributed by atoms with Crippen molar-refractivity contribution in [2.75, 3.05) is 10.6 Å². The van der Waals surface area contributed by atoms with Crippen LogP contribution in [0.3, 0.4) is 0 Å². The summed E-state index contributed by atoms with van der Waals surface area (Å²) in [4.78, 5) is 0. The average Bonchev–Trinajstić information content (AvgIpc) is 2.44. The zero-order valence-electron chi connectivity index (χ0n) is 12.4. The summed E-state index contributed by atoms with van der Waals surface area (Å²) in [6.45, 7) is 6.30. The Morgan fingerprint density at radius 1 is 1.00 bits per heavy atom. The van der Waals surface area contributed by atoms with E-state index in [1.54, 1.807) is 0 Å². The molecule has 110 valence electrons. The predicted molar refractivity (Wildman–Crippen MR) is 96.6 cm³/mol. The summed E-state index contributed by atoms with van der Waals surface area (Å²) in [6.07, 6.45) is 0. The van der Waals surface area contributed by atoms with Gasteiger partial charge in [-0.15, -0.1) is 0 Å². The molecule has 21 heavy (non-hydrogen) atoms. The first-order valence-electron chi connectivity index (χ1n) is 6.91. The van der Waals surface area contributed by atoms with E-state index >= 15 is 0 Å². The average molecular weight is 319 g/mol. The number of thiocarbonyl (C=S) groups is 1. The molecule has 2 aromatic carbocycles. The number of nitrogens with one attached hydrogen (secondary N) is 2. The Hall–Kier alpha value is -1.58. The van der Waals surface area contributed by atoms with Crippen LogP contribution < -0.4 is 10.6 Å². The van der Waals surface area contributed by atoms with E-state index in [0.717, 1.165) is 22.0 Å². The van der Waals surface area contributed by atoms with Gasteiger partial charge in [-0.3, -0.25) is 0 Å². The van der Waals surface area contributed by atoms with Crippen molar-refractivity contribution in [1.82, 2.24) is 0 Å². The molecule has 0 heterocycles. The largest absolute Gasteiger partial charge is 0.332 e. The monoisotopic (exact) mass is 318 g/mol. The van der Waals surface area contributed by atoms with Gasteiger partial charge in [0.05, 0.1) is 0 Å². The number of hydrogen-bond donors (Lipinski definition) is 2. The molecule has 0 fully saturated rings. The summed E-state index contributed by atoms with van der Waals surface area (Å²) in [5.74, 6) is 0.435. The molecule has 0 saturated carbocycles. The summed E-state index contributed by atoms with van der Waals surface area (Å²) in [5.41, 5.74) is 4.18. The molecule has 4 heteroatoms. The van der Waals surface area contributed by atoms with Gasteiger partial charge in [0.1, 0.15) is 0 Å². The maximum Gasteiger partial charge on any atom is 0.175 e. The normalized spacial score (nSPS) is 10.5. The molecule has 2 rings (SSSR count). The van der Waals surface area contributed by atoms with E-state index in [4.69, 9.17) is 23.8 Å². The van der Waals surface area contributed by atoms with E-state index in [-0.39, 0.29) is 0 Å². The van der Waals surface area contributed by atoms with Gasteiger partial charge in [-0.25, -0.2) is 0 Å². The minimum absolute atomic E-state index is 0.435. The van der Waals surface area contributed by atoms with Crippen LogP contribution in [0.15, 0.2) is 42.5 Å². The molecule has 0 aliphatic rings. The fourth-order valence-corrected chi connectivity index (χ4v) is 2.53. The van der Waals surface area contributed by atoms with Crippen LogP contribution in [0.4, 0.5) is 11.4 Å². The number of rotatable bonds is 3. The molecule has 2 N–H and O–H groups in total. The smallest absolute Gasteiger partial charge is 0.175 e. The molecule has 0 radical (unpaired) electrons. The summed E-state index contributed by atoms with van der Waals surface area (Å²) in [5, 5.41) is 7.76. The van der Waals surface area contributed by atoms with Crippen molar-refractivity contribution in [2.45, 2.75) is 26.7 Å². The van der Waals surface area contributed by atoms with Crippen LogP contribution in [0.1, 0.15) is 30.9 Å². The molecular weight excluding hydrogens is 300 g/mol. The van der Waals surface area contributed by atoms with Gasteiger partial charge in [0.25, 0.3) is 0 Å². The highest BCUT2D eigenvalue weighted by atomic mass is 35.5. The molecular formula is C17H19ClN2S. The summed E-state index contributed by atoms with van der Waals surface area (Å²) in [6, 6.07) is 13.9. The van der Waals surface area contributed by atoms with Gasteiger partial charge < -0.3 is 10.6 Å². The van der Waals surface area contributed by atoms with Crippen molar-refractivity contribution < 1.29 is 0 Å². The molecule has 2 nitrogen and oxygen atoms in total. The highest BCUT2D eigenvalue weighted by molar-refractivity contribution is 7.80. The van der Waals surface area contributed by atoms with E-state index in [9.17, 15) is 0 Å². The number of para-hydroxylation sites is 1. The summed E-state index contributed by atoms with van der Waals surface area (Å²) in [7, 11) is 0. The van der Waals surface area contributed by atoms with Crippen molar-refractivity contribution in [3.05, 3.63) is 58.6 Å². The second-order valence-electron chi connectivity index (χ2n) is 5.23. The Morgan fingerprint density at radius 2 is 1.62 bits per heavy atom. The quantitative estimate of drug-likeness (QED) is 0.722. The van der Waals surface area contributed by atoms with Crippen LogP contribution in [-0.4, -0.2) is 5.11 Å². The fraction of sp³-hybridized carbons (Fsp3) is 0.235. The number of hydrogen-bond acceptors (Lipinski definition) is 1. The Bertz CT molecular complexity index is 653. The second-order valence-corrected chi connectivity index (χ2v) is 6.05. The lowest BCUT2D eigenvalue weighted by atomic mass is 10.0. The Kier molecular flexibility index (Phi) is 5.21. The van der Waals surface area contributed by atoms with Gasteiger partial charge in [0.15, 0.2) is 5.11 Å². The molecule has 2 aromatic rings. The van der Waals surface area contributed by atoms with Crippen LogP contribution in [0.5, 0.6) is 0 Å². The zero-order valence-corrected chi connectivity index (χ0v) is 14.0. The molecule has 0 spiro atoms. The predicted octanol–water partition coefficient (Wildman–Crippen LogP) is 5.58. The molecule has 0 aliphatic heterocycles. The maximum atomic E-state index is 6.12. The first-order chi connectivity index (χ1) is 9.99. The van der Waals surface area contributed by atoms with Gasteiger partial charge in [-0.2, -0.15) is 0 Å². The van der Waals surface area contributed by atoms with Crippen LogP contribution in [0.2, 0.25) is 5.02 Å². The highest BCUT2D eigenvalue weighted by Crippen LogP contribution is 2.25. The lowest BCUT2D eigenvalue weighted by Crippen LogP contribution is -2.20. The topological polar surface area (TPSA) is 24.1 Å². The third-order valence-electron chi connectivity index (χ3n) is 3.35. The highest BCUT2D eigenvalue weighted by Gasteiger charge is 2.08. The fourth-order valence-electron chi connectivity index (χ4n) is 2.13. The van der Waals surface area contributed by atoms with Crippen LogP contribution in [0.25, 0.3) is 0 Å². The lowest BCUT2D eigenvalue weighted by molar-refractivity contribution is 0.869. The SMILES string of the molecule is Cc1c(Cl)cccc1NC(=S)Nc1ccccc1C(C)C. The lowest BCUT2D eigenvalue weighted by Gasteiger charge is -2.17. The van der Waals surface area contributed by atoms with Crippen molar-refractivity contribution in [2.24, 2.45) is 0 Å². The van der Waals surface area contributed by atoms with E-state index in [1.165, 1.54) is 5.56 Å². The molecule has 0 atom stereocenters. The van der Waals surface area contributed by atoms with Crippen LogP contribution in [0, 0.1) is 6.92 Å². The maximum absolute atomic E-state index is 6.12. The second kappa shape index (κ2) is 6.92. The molecule has 0 unspecified atom stereocenters. The number of benzene rings is 2. The Balaban J connectivity index is 2.14. The van der Waals surface area contributed by atoms with Gasteiger partial charge in [-0.1, -0.05) is 49.7 Å². The van der Waals surface area contributed by atoms with E-state index in [2.05, 4.69) is 30.5 Å². The van der Waals surface area contributed by atoms with Crippen molar-refractivity contribution in [1.29, 1.82) is 0 Å². The van der Waals surface area contributed by atoms with Crippen molar-refractivity contribution >= 4 is 40.3 Å². The molecule has 0 aromatic heterocycles. The third-order valence-corrected chi connectivity index (χ3v) is 3.96. The van der Waals surface area contributed by atoms with Crippen LogP contribution >= 0.6 is 23.8 Å². The van der Waals surface area contributed by atoms with Gasteiger partial charge in [0.2, 0.25) is 0 Å². The first kappa shape index (κ1) is 15.8. The number of halogens is 1. The van der Waals surface area contributed by atoms with Crippen molar-refractivity contribution in [3.63, 3.8) is 0 Å². The van der Waals surface area contributed by atoms with E-state index in [1.807, 2.05) is 43.3 Å². The molecule has 0 bridgehead atoms. The molecule has 0 amide bonds.